The first-order valence-electron chi connectivity index (χ1n) is 5.47. The van der Waals surface area contributed by atoms with E-state index in [1.165, 1.54) is 31.2 Å². The van der Waals surface area contributed by atoms with E-state index in [1.54, 1.807) is 5.56 Å². The van der Waals surface area contributed by atoms with Crippen molar-refractivity contribution in [1.29, 1.82) is 0 Å². The van der Waals surface area contributed by atoms with Crippen molar-refractivity contribution in [1.82, 2.24) is 0 Å². The Morgan fingerprint density at radius 1 is 1.21 bits per heavy atom. The molecule has 2 atom stereocenters. The molecule has 1 heteroatoms. The molecule has 0 aromatic heterocycles. The van der Waals surface area contributed by atoms with Crippen molar-refractivity contribution < 1.29 is 0 Å². The quantitative estimate of drug-likeness (QED) is 0.650. The maximum Gasteiger partial charge on any atom is 0.0151 e. The van der Waals surface area contributed by atoms with Crippen LogP contribution < -0.4 is 0 Å². The van der Waals surface area contributed by atoms with Gasteiger partial charge in [0.2, 0.25) is 0 Å². The van der Waals surface area contributed by atoms with Gasteiger partial charge in [-0.05, 0) is 43.2 Å². The van der Waals surface area contributed by atoms with E-state index < -0.39 is 0 Å². The first kappa shape index (κ1) is 10.2. The largest absolute Gasteiger partial charge is 0.0890 e. The minimum absolute atomic E-state index is 0.737. The Kier molecular flexibility index (Phi) is 3.27. The zero-order chi connectivity index (χ0) is 9.97. The Morgan fingerprint density at radius 2 is 2.00 bits per heavy atom. The van der Waals surface area contributed by atoms with Crippen LogP contribution >= 0.6 is 15.9 Å². The summed E-state index contributed by atoms with van der Waals surface area (Å²) in [5.41, 5.74) is 3.02. The minimum atomic E-state index is 0.737. The molecule has 0 nitrogen and oxygen atoms in total. The van der Waals surface area contributed by atoms with Crippen LogP contribution in [0.2, 0.25) is 0 Å². The molecule has 1 saturated carbocycles. The SMILES string of the molecule is Cc1ccccc1C1CCCC(Br)C1. The Hall–Kier alpha value is -0.300. The topological polar surface area (TPSA) is 0 Å². The highest BCUT2D eigenvalue weighted by Crippen LogP contribution is 2.36. The number of rotatable bonds is 1. The van der Waals surface area contributed by atoms with Gasteiger partial charge in [0.1, 0.15) is 0 Å². The molecule has 1 aromatic carbocycles. The highest BCUT2D eigenvalue weighted by atomic mass is 79.9. The predicted molar refractivity (Wildman–Crippen MR) is 65.1 cm³/mol. The van der Waals surface area contributed by atoms with Gasteiger partial charge in [0.15, 0.2) is 0 Å². The second-order valence-corrected chi connectivity index (χ2v) is 5.61. The Bertz CT molecular complexity index is 306. The zero-order valence-corrected chi connectivity index (χ0v) is 10.3. The predicted octanol–water partition coefficient (Wildman–Crippen LogP) is 4.42. The second-order valence-electron chi connectivity index (χ2n) is 4.32. The standard InChI is InChI=1S/C13H17Br/c1-10-5-2-3-8-13(10)11-6-4-7-12(14)9-11/h2-3,5,8,11-12H,4,6-7,9H2,1H3. The van der Waals surface area contributed by atoms with E-state index in [2.05, 4.69) is 47.1 Å². The van der Waals surface area contributed by atoms with Crippen LogP contribution in [0.4, 0.5) is 0 Å². The first-order valence-corrected chi connectivity index (χ1v) is 6.38. The summed E-state index contributed by atoms with van der Waals surface area (Å²) in [6.45, 7) is 2.23. The molecular weight excluding hydrogens is 236 g/mol. The molecule has 2 unspecified atom stereocenters. The molecule has 0 N–H and O–H groups in total. The lowest BCUT2D eigenvalue weighted by Crippen LogP contribution is -2.14. The molecule has 1 aliphatic rings. The van der Waals surface area contributed by atoms with Crippen LogP contribution in [0.1, 0.15) is 42.7 Å². The number of aryl methyl sites for hydroxylation is 1. The highest BCUT2D eigenvalue weighted by molar-refractivity contribution is 9.09. The van der Waals surface area contributed by atoms with Gasteiger partial charge in [0, 0.05) is 4.83 Å². The fraction of sp³-hybridized carbons (Fsp3) is 0.538. The van der Waals surface area contributed by atoms with E-state index in [1.807, 2.05) is 0 Å². The number of hydrogen-bond acceptors (Lipinski definition) is 0. The van der Waals surface area contributed by atoms with Crippen molar-refractivity contribution in [3.8, 4) is 0 Å². The molecule has 0 saturated heterocycles. The third-order valence-electron chi connectivity index (χ3n) is 3.24. The van der Waals surface area contributed by atoms with Crippen molar-refractivity contribution in [3.05, 3.63) is 35.4 Å². The van der Waals surface area contributed by atoms with Gasteiger partial charge < -0.3 is 0 Å². The molecular formula is C13H17Br. The molecule has 1 fully saturated rings. The average Bonchev–Trinajstić information content (AvgIpc) is 2.18. The summed E-state index contributed by atoms with van der Waals surface area (Å²) in [6.07, 6.45) is 5.40. The minimum Gasteiger partial charge on any atom is -0.0890 e. The van der Waals surface area contributed by atoms with Crippen LogP contribution in [0.3, 0.4) is 0 Å². The van der Waals surface area contributed by atoms with Crippen molar-refractivity contribution >= 4 is 15.9 Å². The van der Waals surface area contributed by atoms with Crippen LogP contribution in [-0.4, -0.2) is 4.83 Å². The summed E-state index contributed by atoms with van der Waals surface area (Å²) in [6, 6.07) is 8.83. The van der Waals surface area contributed by atoms with E-state index in [4.69, 9.17) is 0 Å². The molecule has 2 rings (SSSR count). The summed E-state index contributed by atoms with van der Waals surface area (Å²) < 4.78 is 0. The van der Waals surface area contributed by atoms with E-state index >= 15 is 0 Å². The molecule has 0 aliphatic heterocycles. The third kappa shape index (κ3) is 2.20. The van der Waals surface area contributed by atoms with Crippen LogP contribution in [0.5, 0.6) is 0 Å². The van der Waals surface area contributed by atoms with Crippen molar-refractivity contribution in [2.45, 2.75) is 43.4 Å². The monoisotopic (exact) mass is 252 g/mol. The lowest BCUT2D eigenvalue weighted by Gasteiger charge is -2.27. The highest BCUT2D eigenvalue weighted by Gasteiger charge is 2.21. The summed E-state index contributed by atoms with van der Waals surface area (Å²) >= 11 is 3.75. The molecule has 1 aliphatic carbocycles. The van der Waals surface area contributed by atoms with Crippen LogP contribution in [0.15, 0.2) is 24.3 Å². The fourth-order valence-electron chi connectivity index (χ4n) is 2.46. The van der Waals surface area contributed by atoms with Gasteiger partial charge in [-0.2, -0.15) is 0 Å². The van der Waals surface area contributed by atoms with Crippen molar-refractivity contribution in [3.63, 3.8) is 0 Å². The lowest BCUT2D eigenvalue weighted by atomic mass is 9.82. The van der Waals surface area contributed by atoms with Gasteiger partial charge in [-0.3, -0.25) is 0 Å². The van der Waals surface area contributed by atoms with E-state index in [-0.39, 0.29) is 0 Å². The zero-order valence-electron chi connectivity index (χ0n) is 8.67. The molecule has 0 bridgehead atoms. The molecule has 0 radical (unpaired) electrons. The van der Waals surface area contributed by atoms with Crippen molar-refractivity contribution in [2.75, 3.05) is 0 Å². The molecule has 0 spiro atoms. The smallest absolute Gasteiger partial charge is 0.0151 e. The third-order valence-corrected chi connectivity index (χ3v) is 4.07. The van der Waals surface area contributed by atoms with E-state index in [0.717, 1.165) is 10.7 Å². The Balaban J connectivity index is 2.18. The van der Waals surface area contributed by atoms with E-state index in [9.17, 15) is 0 Å². The number of alkyl halides is 1. The molecule has 0 amide bonds. The summed E-state index contributed by atoms with van der Waals surface area (Å²) in [5.74, 6) is 0.786. The van der Waals surface area contributed by atoms with E-state index in [0.29, 0.717) is 0 Å². The van der Waals surface area contributed by atoms with Crippen LogP contribution in [-0.2, 0) is 0 Å². The first-order chi connectivity index (χ1) is 6.77. The van der Waals surface area contributed by atoms with Gasteiger partial charge in [-0.25, -0.2) is 0 Å². The second kappa shape index (κ2) is 4.48. The number of halogens is 1. The maximum atomic E-state index is 3.75. The summed E-state index contributed by atoms with van der Waals surface area (Å²) in [5, 5.41) is 0. The van der Waals surface area contributed by atoms with Gasteiger partial charge in [0.25, 0.3) is 0 Å². The molecule has 0 heterocycles. The van der Waals surface area contributed by atoms with Gasteiger partial charge in [0.05, 0.1) is 0 Å². The van der Waals surface area contributed by atoms with Gasteiger partial charge in [-0.1, -0.05) is 46.6 Å². The summed E-state index contributed by atoms with van der Waals surface area (Å²) in [7, 11) is 0. The van der Waals surface area contributed by atoms with Crippen molar-refractivity contribution in [2.24, 2.45) is 0 Å². The fourth-order valence-corrected chi connectivity index (χ4v) is 3.23. The van der Waals surface area contributed by atoms with Crippen LogP contribution in [0.25, 0.3) is 0 Å². The normalized spacial score (nSPS) is 27.6. The average molecular weight is 253 g/mol. The Labute approximate surface area is 94.8 Å². The Morgan fingerprint density at radius 3 is 2.71 bits per heavy atom. The summed E-state index contributed by atoms with van der Waals surface area (Å²) in [4.78, 5) is 0.737. The molecule has 1 aromatic rings. The molecule has 76 valence electrons. The maximum absolute atomic E-state index is 3.75. The van der Waals surface area contributed by atoms with Crippen LogP contribution in [0, 0.1) is 6.92 Å². The van der Waals surface area contributed by atoms with Gasteiger partial charge >= 0.3 is 0 Å². The number of hydrogen-bond donors (Lipinski definition) is 0. The lowest BCUT2D eigenvalue weighted by molar-refractivity contribution is 0.457. The number of benzene rings is 1. The van der Waals surface area contributed by atoms with Gasteiger partial charge in [-0.15, -0.1) is 0 Å². The molecule has 14 heavy (non-hydrogen) atoms.